The number of nitrogen functional groups attached to an aromatic ring is 1. The predicted octanol–water partition coefficient (Wildman–Crippen LogP) is 2.97. The van der Waals surface area contributed by atoms with E-state index >= 15 is 0 Å². The molecule has 0 aliphatic heterocycles. The second kappa shape index (κ2) is 9.90. The average Bonchev–Trinajstić information content (AvgIpc) is 2.54. The number of halogens is 2. The van der Waals surface area contributed by atoms with Crippen LogP contribution in [0.25, 0.3) is 0 Å². The van der Waals surface area contributed by atoms with Crippen molar-refractivity contribution < 1.29 is 9.18 Å². The van der Waals surface area contributed by atoms with Gasteiger partial charge in [-0.25, -0.2) is 4.39 Å². The second-order valence-corrected chi connectivity index (χ2v) is 5.45. The van der Waals surface area contributed by atoms with Crippen molar-refractivity contribution in [3.8, 4) is 0 Å². The third-order valence-corrected chi connectivity index (χ3v) is 3.57. The van der Waals surface area contributed by atoms with Gasteiger partial charge in [0, 0.05) is 18.8 Å². The molecule has 0 unspecified atom stereocenters. The zero-order valence-electron chi connectivity index (χ0n) is 13.7. The van der Waals surface area contributed by atoms with Gasteiger partial charge in [0.05, 0.1) is 6.54 Å². The van der Waals surface area contributed by atoms with Gasteiger partial charge in [0.2, 0.25) is 5.91 Å². The molecule has 4 nitrogen and oxygen atoms in total. The first-order chi connectivity index (χ1) is 11.1. The summed E-state index contributed by atoms with van der Waals surface area (Å²) in [7, 11) is 0. The fraction of sp³-hybridized carbons (Fsp3) is 0.278. The van der Waals surface area contributed by atoms with Crippen molar-refractivity contribution >= 4 is 24.0 Å². The van der Waals surface area contributed by atoms with Crippen LogP contribution < -0.4 is 11.1 Å². The summed E-state index contributed by atoms with van der Waals surface area (Å²) in [6, 6.07) is 13.8. The monoisotopic (exact) mass is 351 g/mol. The quantitative estimate of drug-likeness (QED) is 0.754. The first-order valence-corrected chi connectivity index (χ1v) is 7.64. The molecular weight excluding hydrogens is 329 g/mol. The maximum absolute atomic E-state index is 12.8. The van der Waals surface area contributed by atoms with Gasteiger partial charge in [0.1, 0.15) is 5.82 Å². The maximum atomic E-state index is 12.8. The van der Waals surface area contributed by atoms with Gasteiger partial charge < -0.3 is 11.1 Å². The van der Waals surface area contributed by atoms with Gasteiger partial charge in [-0.3, -0.25) is 9.69 Å². The maximum Gasteiger partial charge on any atom is 0.234 e. The molecule has 0 atom stereocenters. The molecule has 0 bridgehead atoms. The summed E-state index contributed by atoms with van der Waals surface area (Å²) in [4.78, 5) is 14.1. The molecule has 0 radical (unpaired) electrons. The molecule has 1 amide bonds. The van der Waals surface area contributed by atoms with Crippen molar-refractivity contribution in [3.63, 3.8) is 0 Å². The van der Waals surface area contributed by atoms with Crippen LogP contribution in [0.2, 0.25) is 0 Å². The molecule has 0 aromatic heterocycles. The third kappa shape index (κ3) is 6.56. The van der Waals surface area contributed by atoms with Crippen molar-refractivity contribution in [2.75, 3.05) is 18.8 Å². The lowest BCUT2D eigenvalue weighted by Gasteiger charge is -2.20. The number of nitrogens with two attached hydrogens (primary N) is 1. The van der Waals surface area contributed by atoms with E-state index in [4.69, 9.17) is 5.73 Å². The molecule has 24 heavy (non-hydrogen) atoms. The van der Waals surface area contributed by atoms with Crippen LogP contribution in [-0.4, -0.2) is 23.9 Å². The van der Waals surface area contributed by atoms with Crippen LogP contribution in [0.1, 0.15) is 18.1 Å². The van der Waals surface area contributed by atoms with E-state index in [1.54, 1.807) is 12.1 Å². The Hall–Kier alpha value is -2.11. The summed E-state index contributed by atoms with van der Waals surface area (Å²) in [5.74, 6) is -0.334. The van der Waals surface area contributed by atoms with Gasteiger partial charge in [-0.2, -0.15) is 0 Å². The summed E-state index contributed by atoms with van der Waals surface area (Å²) in [6.45, 7) is 4.16. The molecular formula is C18H23ClFN3O. The molecule has 0 aliphatic rings. The number of rotatable bonds is 7. The SMILES string of the molecule is CCN(CC(=O)NCc1ccc(F)cc1)Cc1cccc(N)c1.Cl. The average molecular weight is 352 g/mol. The molecule has 0 heterocycles. The highest BCUT2D eigenvalue weighted by molar-refractivity contribution is 5.85. The van der Waals surface area contributed by atoms with Crippen LogP contribution in [0.5, 0.6) is 0 Å². The summed E-state index contributed by atoms with van der Waals surface area (Å²) in [5, 5.41) is 2.85. The van der Waals surface area contributed by atoms with E-state index in [0.717, 1.165) is 23.4 Å². The number of carbonyl (C=O) groups is 1. The zero-order valence-corrected chi connectivity index (χ0v) is 14.5. The Kier molecular flexibility index (Phi) is 8.22. The smallest absolute Gasteiger partial charge is 0.234 e. The number of carbonyl (C=O) groups excluding carboxylic acids is 1. The fourth-order valence-corrected chi connectivity index (χ4v) is 2.29. The summed E-state index contributed by atoms with van der Waals surface area (Å²) in [6.07, 6.45) is 0. The summed E-state index contributed by atoms with van der Waals surface area (Å²) < 4.78 is 12.8. The predicted molar refractivity (Wildman–Crippen MR) is 97.3 cm³/mol. The Morgan fingerprint density at radius 2 is 1.88 bits per heavy atom. The molecule has 2 rings (SSSR count). The van der Waals surface area contributed by atoms with Gasteiger partial charge >= 0.3 is 0 Å². The number of likely N-dealkylation sites (N-methyl/N-ethyl adjacent to an activating group) is 1. The molecule has 0 aliphatic carbocycles. The van der Waals surface area contributed by atoms with Crippen LogP contribution in [0.15, 0.2) is 48.5 Å². The van der Waals surface area contributed by atoms with E-state index in [0.29, 0.717) is 19.6 Å². The van der Waals surface area contributed by atoms with E-state index in [-0.39, 0.29) is 24.1 Å². The first kappa shape index (κ1) is 19.9. The lowest BCUT2D eigenvalue weighted by molar-refractivity contribution is -0.122. The molecule has 0 spiro atoms. The molecule has 0 saturated carbocycles. The van der Waals surface area contributed by atoms with Crippen molar-refractivity contribution in [3.05, 3.63) is 65.5 Å². The molecule has 0 fully saturated rings. The van der Waals surface area contributed by atoms with E-state index in [9.17, 15) is 9.18 Å². The first-order valence-electron chi connectivity index (χ1n) is 7.64. The largest absolute Gasteiger partial charge is 0.399 e. The Balaban J connectivity index is 0.00000288. The molecule has 130 valence electrons. The lowest BCUT2D eigenvalue weighted by atomic mass is 10.2. The number of amides is 1. The standard InChI is InChI=1S/C18H22FN3O.ClH/c1-2-22(12-15-4-3-5-17(20)10-15)13-18(23)21-11-14-6-8-16(19)9-7-14;/h3-10H,2,11-13,20H2,1H3,(H,21,23);1H. The lowest BCUT2D eigenvalue weighted by Crippen LogP contribution is -2.36. The number of benzene rings is 2. The number of hydrogen-bond donors (Lipinski definition) is 2. The van der Waals surface area contributed by atoms with E-state index in [1.165, 1.54) is 12.1 Å². The highest BCUT2D eigenvalue weighted by Gasteiger charge is 2.09. The third-order valence-electron chi connectivity index (χ3n) is 3.57. The van der Waals surface area contributed by atoms with Crippen LogP contribution >= 0.6 is 12.4 Å². The Morgan fingerprint density at radius 1 is 1.17 bits per heavy atom. The Labute approximate surface area is 148 Å². The van der Waals surface area contributed by atoms with E-state index < -0.39 is 0 Å². The molecule has 6 heteroatoms. The Bertz CT molecular complexity index is 649. The topological polar surface area (TPSA) is 58.4 Å². The van der Waals surface area contributed by atoms with Crippen molar-refractivity contribution in [1.82, 2.24) is 10.2 Å². The molecule has 3 N–H and O–H groups in total. The minimum atomic E-state index is -0.278. The van der Waals surface area contributed by atoms with Gasteiger partial charge in [-0.05, 0) is 41.9 Å². The second-order valence-electron chi connectivity index (χ2n) is 5.45. The minimum absolute atomic E-state index is 0. The minimum Gasteiger partial charge on any atom is -0.399 e. The van der Waals surface area contributed by atoms with Gasteiger partial charge in [-0.1, -0.05) is 31.2 Å². The van der Waals surface area contributed by atoms with Gasteiger partial charge in [0.25, 0.3) is 0 Å². The number of anilines is 1. The van der Waals surface area contributed by atoms with Crippen molar-refractivity contribution in [1.29, 1.82) is 0 Å². The number of nitrogens with one attached hydrogen (secondary N) is 1. The zero-order chi connectivity index (χ0) is 16.7. The summed E-state index contributed by atoms with van der Waals surface area (Å²) in [5.41, 5.74) is 8.45. The van der Waals surface area contributed by atoms with E-state index in [1.807, 2.05) is 36.1 Å². The van der Waals surface area contributed by atoms with Gasteiger partial charge in [-0.15, -0.1) is 12.4 Å². The Morgan fingerprint density at radius 3 is 2.50 bits per heavy atom. The van der Waals surface area contributed by atoms with Crippen molar-refractivity contribution in [2.45, 2.75) is 20.0 Å². The van der Waals surface area contributed by atoms with Crippen LogP contribution in [0.4, 0.5) is 10.1 Å². The number of nitrogens with zero attached hydrogens (tertiary/aromatic N) is 1. The van der Waals surface area contributed by atoms with E-state index in [2.05, 4.69) is 5.32 Å². The van der Waals surface area contributed by atoms with Gasteiger partial charge in [0.15, 0.2) is 0 Å². The normalized spacial score (nSPS) is 10.3. The van der Waals surface area contributed by atoms with Crippen LogP contribution in [0, 0.1) is 5.82 Å². The van der Waals surface area contributed by atoms with Crippen molar-refractivity contribution in [2.24, 2.45) is 0 Å². The number of hydrogen-bond acceptors (Lipinski definition) is 3. The fourth-order valence-electron chi connectivity index (χ4n) is 2.29. The molecule has 2 aromatic rings. The van der Waals surface area contributed by atoms with Crippen LogP contribution in [0.3, 0.4) is 0 Å². The summed E-state index contributed by atoms with van der Waals surface area (Å²) >= 11 is 0. The highest BCUT2D eigenvalue weighted by Crippen LogP contribution is 2.09. The highest BCUT2D eigenvalue weighted by atomic mass is 35.5. The molecule has 2 aromatic carbocycles. The molecule has 0 saturated heterocycles. The van der Waals surface area contributed by atoms with Crippen LogP contribution in [-0.2, 0) is 17.9 Å².